The lowest BCUT2D eigenvalue weighted by Crippen LogP contribution is -2.31. The fraction of sp³-hybridized carbons (Fsp3) is 0.348. The van der Waals surface area contributed by atoms with Crippen molar-refractivity contribution in [1.29, 1.82) is 0 Å². The molecule has 2 aromatic carbocycles. The predicted octanol–water partition coefficient (Wildman–Crippen LogP) is 3.43. The maximum atomic E-state index is 12.7. The maximum absolute atomic E-state index is 12.7. The number of carboxylic acid groups (broad SMARTS) is 2. The van der Waals surface area contributed by atoms with Crippen LogP contribution < -0.4 is 0 Å². The molecule has 0 radical (unpaired) electrons. The molecule has 7 heteroatoms. The average Bonchev–Trinajstić information content (AvgIpc) is 3.24. The first-order chi connectivity index (χ1) is 14.4. The molecular formula is C23H23NO6. The molecule has 156 valence electrons. The third-order valence-corrected chi connectivity index (χ3v) is 6.04. The smallest absolute Gasteiger partial charge is 0.409 e. The Hall–Kier alpha value is -3.35. The van der Waals surface area contributed by atoms with Gasteiger partial charge >= 0.3 is 18.0 Å². The van der Waals surface area contributed by atoms with Gasteiger partial charge in [0.2, 0.25) is 0 Å². The van der Waals surface area contributed by atoms with Gasteiger partial charge in [-0.3, -0.25) is 9.59 Å². The van der Waals surface area contributed by atoms with E-state index in [-0.39, 0.29) is 50.3 Å². The molecule has 1 saturated heterocycles. The van der Waals surface area contributed by atoms with Crippen molar-refractivity contribution in [2.24, 2.45) is 11.8 Å². The molecule has 1 heterocycles. The van der Waals surface area contributed by atoms with Crippen molar-refractivity contribution in [2.45, 2.75) is 18.8 Å². The molecular weight excluding hydrogens is 386 g/mol. The van der Waals surface area contributed by atoms with E-state index in [1.165, 1.54) is 4.90 Å². The number of amides is 1. The number of carbonyl (C=O) groups is 3. The van der Waals surface area contributed by atoms with Gasteiger partial charge in [0.15, 0.2) is 0 Å². The van der Waals surface area contributed by atoms with Gasteiger partial charge in [-0.1, -0.05) is 48.5 Å². The molecule has 1 aliphatic carbocycles. The molecule has 7 nitrogen and oxygen atoms in total. The van der Waals surface area contributed by atoms with Crippen LogP contribution in [0.2, 0.25) is 0 Å². The van der Waals surface area contributed by atoms with E-state index >= 15 is 0 Å². The van der Waals surface area contributed by atoms with Crippen LogP contribution in [0.15, 0.2) is 48.5 Å². The molecule has 0 unspecified atom stereocenters. The summed E-state index contributed by atoms with van der Waals surface area (Å²) in [5.74, 6) is -2.83. The van der Waals surface area contributed by atoms with Crippen LogP contribution in [-0.4, -0.2) is 52.8 Å². The standard InChI is InChI=1S/C23H23NO6/c25-21(26)9-14-11-24(12-15(14)10-22(27)28)23(29)30-13-20-18-7-3-1-5-16(18)17-6-2-4-8-19(17)20/h1-8,14-15,20H,9-13H2,(H,25,26)(H,27,28)/t14-,15-/m1/s1. The fourth-order valence-electron chi connectivity index (χ4n) is 4.68. The molecule has 0 aromatic heterocycles. The van der Waals surface area contributed by atoms with E-state index in [1.807, 2.05) is 36.4 Å². The summed E-state index contributed by atoms with van der Waals surface area (Å²) in [6.07, 6.45) is -0.851. The summed E-state index contributed by atoms with van der Waals surface area (Å²) in [4.78, 5) is 36.4. The minimum Gasteiger partial charge on any atom is -0.481 e. The zero-order valence-corrected chi connectivity index (χ0v) is 16.4. The van der Waals surface area contributed by atoms with Crippen LogP contribution in [0.25, 0.3) is 11.1 Å². The Morgan fingerprint density at radius 3 is 1.77 bits per heavy atom. The number of fused-ring (bicyclic) bond motifs is 3. The topological polar surface area (TPSA) is 104 Å². The molecule has 30 heavy (non-hydrogen) atoms. The SMILES string of the molecule is O=C(O)C[C@@H]1CN(C(=O)OCC2c3ccccc3-c3ccccc32)C[C@H]1CC(=O)O. The maximum Gasteiger partial charge on any atom is 0.409 e. The molecule has 1 fully saturated rings. The zero-order valence-electron chi connectivity index (χ0n) is 16.4. The van der Waals surface area contributed by atoms with Gasteiger partial charge in [-0.25, -0.2) is 4.79 Å². The lowest BCUT2D eigenvalue weighted by Gasteiger charge is -2.19. The van der Waals surface area contributed by atoms with Crippen molar-refractivity contribution < 1.29 is 29.3 Å². The van der Waals surface area contributed by atoms with Crippen LogP contribution in [0.3, 0.4) is 0 Å². The number of carboxylic acids is 2. The number of nitrogens with zero attached hydrogens (tertiary/aromatic N) is 1. The van der Waals surface area contributed by atoms with Crippen LogP contribution in [-0.2, 0) is 14.3 Å². The van der Waals surface area contributed by atoms with E-state index in [4.69, 9.17) is 14.9 Å². The average molecular weight is 409 g/mol. The van der Waals surface area contributed by atoms with Crippen molar-refractivity contribution in [1.82, 2.24) is 4.90 Å². The normalized spacial score (nSPS) is 19.9. The van der Waals surface area contributed by atoms with Gasteiger partial charge in [-0.15, -0.1) is 0 Å². The minimum atomic E-state index is -0.996. The van der Waals surface area contributed by atoms with E-state index in [0.29, 0.717) is 0 Å². The second-order valence-corrected chi connectivity index (χ2v) is 7.92. The molecule has 1 aliphatic heterocycles. The fourth-order valence-corrected chi connectivity index (χ4v) is 4.68. The van der Waals surface area contributed by atoms with Crippen molar-refractivity contribution in [3.05, 3.63) is 59.7 Å². The molecule has 2 aromatic rings. The second kappa shape index (κ2) is 8.18. The van der Waals surface area contributed by atoms with Gasteiger partial charge in [0.25, 0.3) is 0 Å². The van der Waals surface area contributed by atoms with Crippen LogP contribution in [0.4, 0.5) is 4.79 Å². The summed E-state index contributed by atoms with van der Waals surface area (Å²) in [7, 11) is 0. The van der Waals surface area contributed by atoms with E-state index in [0.717, 1.165) is 22.3 Å². The highest BCUT2D eigenvalue weighted by Crippen LogP contribution is 2.44. The Labute approximate surface area is 173 Å². The molecule has 1 amide bonds. The Morgan fingerprint density at radius 2 is 1.30 bits per heavy atom. The predicted molar refractivity (Wildman–Crippen MR) is 108 cm³/mol. The van der Waals surface area contributed by atoms with Crippen LogP contribution in [0.5, 0.6) is 0 Å². The Bertz CT molecular complexity index is 918. The van der Waals surface area contributed by atoms with E-state index in [2.05, 4.69) is 12.1 Å². The quantitative estimate of drug-likeness (QED) is 0.757. The number of ether oxygens (including phenoxy) is 1. The number of hydrogen-bond donors (Lipinski definition) is 2. The van der Waals surface area contributed by atoms with Crippen LogP contribution in [0, 0.1) is 11.8 Å². The lowest BCUT2D eigenvalue weighted by molar-refractivity contribution is -0.141. The van der Waals surface area contributed by atoms with Gasteiger partial charge < -0.3 is 19.8 Å². The third kappa shape index (κ3) is 3.87. The summed E-state index contributed by atoms with van der Waals surface area (Å²) in [5, 5.41) is 18.2. The molecule has 0 saturated carbocycles. The third-order valence-electron chi connectivity index (χ3n) is 6.04. The molecule has 2 aliphatic rings. The zero-order chi connectivity index (χ0) is 21.3. The number of benzene rings is 2. The van der Waals surface area contributed by atoms with Gasteiger partial charge in [0, 0.05) is 19.0 Å². The van der Waals surface area contributed by atoms with Gasteiger partial charge in [-0.05, 0) is 34.1 Å². The highest BCUT2D eigenvalue weighted by molar-refractivity contribution is 5.79. The van der Waals surface area contributed by atoms with Crippen molar-refractivity contribution in [3.8, 4) is 11.1 Å². The van der Waals surface area contributed by atoms with Gasteiger partial charge in [-0.2, -0.15) is 0 Å². The first-order valence-electron chi connectivity index (χ1n) is 9.97. The molecule has 0 spiro atoms. The Balaban J connectivity index is 1.45. The summed E-state index contributed by atoms with van der Waals surface area (Å²) in [6, 6.07) is 16.1. The van der Waals surface area contributed by atoms with Gasteiger partial charge in [0.1, 0.15) is 6.61 Å². The highest BCUT2D eigenvalue weighted by atomic mass is 16.6. The molecule has 2 N–H and O–H groups in total. The first-order valence-corrected chi connectivity index (χ1v) is 9.97. The minimum absolute atomic E-state index is 0.0615. The summed E-state index contributed by atoms with van der Waals surface area (Å²) in [6.45, 7) is 0.568. The van der Waals surface area contributed by atoms with E-state index in [1.54, 1.807) is 0 Å². The number of rotatable bonds is 6. The number of hydrogen-bond acceptors (Lipinski definition) is 4. The number of aliphatic carboxylic acids is 2. The number of likely N-dealkylation sites (tertiary alicyclic amines) is 1. The second-order valence-electron chi connectivity index (χ2n) is 7.92. The molecule has 0 bridgehead atoms. The monoisotopic (exact) mass is 409 g/mol. The largest absolute Gasteiger partial charge is 0.481 e. The van der Waals surface area contributed by atoms with E-state index in [9.17, 15) is 14.4 Å². The molecule has 2 atom stereocenters. The van der Waals surface area contributed by atoms with Crippen molar-refractivity contribution >= 4 is 18.0 Å². The summed E-state index contributed by atoms with van der Waals surface area (Å²) in [5.41, 5.74) is 4.50. The number of carbonyl (C=O) groups excluding carboxylic acids is 1. The van der Waals surface area contributed by atoms with Crippen molar-refractivity contribution in [2.75, 3.05) is 19.7 Å². The Morgan fingerprint density at radius 1 is 0.833 bits per heavy atom. The van der Waals surface area contributed by atoms with Crippen LogP contribution in [0.1, 0.15) is 29.9 Å². The van der Waals surface area contributed by atoms with Crippen molar-refractivity contribution in [3.63, 3.8) is 0 Å². The molecule has 4 rings (SSSR count). The van der Waals surface area contributed by atoms with E-state index < -0.39 is 18.0 Å². The highest BCUT2D eigenvalue weighted by Gasteiger charge is 2.38. The van der Waals surface area contributed by atoms with Gasteiger partial charge in [0.05, 0.1) is 12.8 Å². The summed E-state index contributed by atoms with van der Waals surface area (Å²) >= 11 is 0. The Kier molecular flexibility index (Phi) is 5.44. The van der Waals surface area contributed by atoms with Crippen LogP contribution >= 0.6 is 0 Å². The lowest BCUT2D eigenvalue weighted by atomic mass is 9.90. The first kappa shape index (κ1) is 19.9. The summed E-state index contributed by atoms with van der Waals surface area (Å²) < 4.78 is 5.62.